The van der Waals surface area contributed by atoms with Gasteiger partial charge in [0.2, 0.25) is 0 Å². The number of hydrogen-bond acceptors (Lipinski definition) is 6. The minimum Gasteiger partial charge on any atom is -0.293 e. The lowest BCUT2D eigenvalue weighted by atomic mass is 9.91. The number of fused-ring (bicyclic) bond motifs is 3. The highest BCUT2D eigenvalue weighted by Gasteiger charge is 2.40. The third-order valence-electron chi connectivity index (χ3n) is 10.1. The SMILES string of the molecule is [B]c1ccc2c(c1)C(=O)/C(=C/C=C1N(c3c(C(C)C)cccc3C(C)C)c3cc4nccnc4cc3N1c1c(C(C)C)cccc1C(C)C)C2=O. The molecule has 1 aliphatic heterocycles. The molecule has 0 saturated carbocycles. The maximum atomic E-state index is 13.8. The number of ketones is 2. The normalized spacial score (nSPS) is 15.1. The number of allylic oxidation sites excluding steroid dienone is 3. The molecule has 0 spiro atoms. The first-order valence-electron chi connectivity index (χ1n) is 17.9. The van der Waals surface area contributed by atoms with Crippen molar-refractivity contribution < 1.29 is 9.59 Å². The Hall–Kier alpha value is -5.30. The van der Waals surface area contributed by atoms with Gasteiger partial charge < -0.3 is 0 Å². The number of aromatic nitrogens is 2. The van der Waals surface area contributed by atoms with Gasteiger partial charge in [-0.25, -0.2) is 0 Å². The maximum absolute atomic E-state index is 13.8. The number of anilines is 4. The summed E-state index contributed by atoms with van der Waals surface area (Å²) in [7, 11) is 6.05. The van der Waals surface area contributed by atoms with Crippen LogP contribution in [0.1, 0.15) is 122 Å². The molecule has 5 aromatic rings. The fourth-order valence-corrected chi connectivity index (χ4v) is 7.50. The summed E-state index contributed by atoms with van der Waals surface area (Å²) < 4.78 is 0. The van der Waals surface area contributed by atoms with E-state index in [1.165, 1.54) is 22.3 Å². The van der Waals surface area contributed by atoms with Crippen LogP contribution in [-0.2, 0) is 0 Å². The van der Waals surface area contributed by atoms with Gasteiger partial charge in [0.05, 0.1) is 39.4 Å². The van der Waals surface area contributed by atoms with Crippen LogP contribution < -0.4 is 15.3 Å². The summed E-state index contributed by atoms with van der Waals surface area (Å²) in [4.78, 5) is 41.7. The molecule has 0 N–H and O–H groups in total. The molecule has 0 saturated heterocycles. The molecule has 0 amide bonds. The topological polar surface area (TPSA) is 66.4 Å². The van der Waals surface area contributed by atoms with E-state index in [2.05, 4.69) is 114 Å². The molecule has 0 unspecified atom stereocenters. The van der Waals surface area contributed by atoms with Crippen molar-refractivity contribution in [2.75, 3.05) is 9.80 Å². The third kappa shape index (κ3) is 5.69. The van der Waals surface area contributed by atoms with Gasteiger partial charge in [0.25, 0.3) is 0 Å². The van der Waals surface area contributed by atoms with Crippen molar-refractivity contribution in [3.05, 3.63) is 136 Å². The molecule has 6 nitrogen and oxygen atoms in total. The Bertz CT molecular complexity index is 2130. The Labute approximate surface area is 302 Å². The summed E-state index contributed by atoms with van der Waals surface area (Å²) in [5, 5.41) is 0. The van der Waals surface area contributed by atoms with Crippen molar-refractivity contribution in [3.63, 3.8) is 0 Å². The van der Waals surface area contributed by atoms with Gasteiger partial charge in [-0.1, -0.05) is 115 Å². The monoisotopic (exact) mass is 670 g/mol. The van der Waals surface area contributed by atoms with Crippen molar-refractivity contribution in [1.29, 1.82) is 0 Å². The summed E-state index contributed by atoms with van der Waals surface area (Å²) >= 11 is 0. The first kappa shape index (κ1) is 34.2. The van der Waals surface area contributed by atoms with E-state index in [1.807, 2.05) is 6.08 Å². The van der Waals surface area contributed by atoms with Gasteiger partial charge in [-0.2, -0.15) is 0 Å². The van der Waals surface area contributed by atoms with Crippen LogP contribution in [0, 0.1) is 0 Å². The van der Waals surface area contributed by atoms with Gasteiger partial charge in [-0.15, -0.1) is 0 Å². The molecule has 2 aliphatic rings. The van der Waals surface area contributed by atoms with Crippen molar-refractivity contribution in [1.82, 2.24) is 9.97 Å². The number of carbonyl (C=O) groups is 2. The maximum Gasteiger partial charge on any atom is 0.197 e. The number of benzene rings is 4. The Kier molecular flexibility index (Phi) is 8.78. The summed E-state index contributed by atoms with van der Waals surface area (Å²) in [6.45, 7) is 17.8. The molecule has 0 bridgehead atoms. The molecule has 51 heavy (non-hydrogen) atoms. The number of para-hydroxylation sites is 2. The van der Waals surface area contributed by atoms with Gasteiger partial charge >= 0.3 is 0 Å². The van der Waals surface area contributed by atoms with Gasteiger partial charge in [0.15, 0.2) is 11.6 Å². The lowest BCUT2D eigenvalue weighted by Gasteiger charge is -2.33. The zero-order valence-electron chi connectivity index (χ0n) is 30.7. The van der Waals surface area contributed by atoms with Gasteiger partial charge in [0, 0.05) is 23.5 Å². The van der Waals surface area contributed by atoms with E-state index >= 15 is 0 Å². The number of hydrogen-bond donors (Lipinski definition) is 0. The Morgan fingerprint density at radius 1 is 0.569 bits per heavy atom. The van der Waals surface area contributed by atoms with Gasteiger partial charge in [-0.05, 0) is 70.2 Å². The van der Waals surface area contributed by atoms with Crippen LogP contribution in [0.5, 0.6) is 0 Å². The number of Topliss-reactive ketones (excluding diaryl/α,β-unsaturated/α-hetero) is 2. The van der Waals surface area contributed by atoms with Crippen LogP contribution in [0.3, 0.4) is 0 Å². The summed E-state index contributed by atoms with van der Waals surface area (Å²) in [6, 6.07) is 22.3. The van der Waals surface area contributed by atoms with Crippen LogP contribution in [-0.4, -0.2) is 29.4 Å². The minimum atomic E-state index is -0.317. The highest BCUT2D eigenvalue weighted by atomic mass is 16.2. The predicted octanol–water partition coefficient (Wildman–Crippen LogP) is 10.1. The first-order valence-corrected chi connectivity index (χ1v) is 17.9. The van der Waals surface area contributed by atoms with Crippen molar-refractivity contribution >= 4 is 58.7 Å². The quantitative estimate of drug-likeness (QED) is 0.0976. The summed E-state index contributed by atoms with van der Waals surface area (Å²) in [5.41, 5.74) is 11.7. The Morgan fingerprint density at radius 2 is 1.00 bits per heavy atom. The van der Waals surface area contributed by atoms with Crippen LogP contribution >= 0.6 is 0 Å². The highest BCUT2D eigenvalue weighted by molar-refractivity contribution is 6.41. The second-order valence-electron chi connectivity index (χ2n) is 14.8. The molecule has 0 atom stereocenters. The summed E-state index contributed by atoms with van der Waals surface area (Å²) in [5.74, 6) is 1.05. The van der Waals surface area contributed by atoms with Crippen LogP contribution in [0.15, 0.2) is 103 Å². The molecule has 2 heterocycles. The summed E-state index contributed by atoms with van der Waals surface area (Å²) in [6.07, 6.45) is 7.11. The molecule has 2 radical (unpaired) electrons. The van der Waals surface area contributed by atoms with Crippen molar-refractivity contribution in [3.8, 4) is 0 Å². The van der Waals surface area contributed by atoms with Crippen molar-refractivity contribution in [2.45, 2.75) is 79.1 Å². The second kappa shape index (κ2) is 13.1. The van der Waals surface area contributed by atoms with E-state index in [0.29, 0.717) is 16.6 Å². The number of nitrogens with zero attached hydrogens (tertiary/aromatic N) is 4. The van der Waals surface area contributed by atoms with E-state index < -0.39 is 0 Å². The van der Waals surface area contributed by atoms with E-state index in [0.717, 1.165) is 39.6 Å². The average molecular weight is 671 g/mol. The number of carbonyl (C=O) groups excluding carboxylic acids is 2. The van der Waals surface area contributed by atoms with Gasteiger partial charge in [-0.3, -0.25) is 29.4 Å². The molecule has 1 aromatic heterocycles. The fourth-order valence-electron chi connectivity index (χ4n) is 7.50. The fraction of sp³-hybridized carbons (Fsp3) is 0.273. The Balaban J connectivity index is 1.61. The molecule has 254 valence electrons. The van der Waals surface area contributed by atoms with Gasteiger partial charge in [0.1, 0.15) is 13.7 Å². The standard InChI is InChI=1S/C44H43BN4O2/c1-24(2)29-11-9-12-30(25(3)4)41(29)48-38-22-36-37(47-20-19-46-36)23-39(38)49(42-31(26(5)6)13-10-14-32(42)27(7)8)40(48)18-17-34-43(50)33-16-15-28(45)21-35(33)44(34)51/h9-27H,1-8H3/b34-17+. The van der Waals surface area contributed by atoms with Crippen LogP contribution in [0.2, 0.25) is 0 Å². The van der Waals surface area contributed by atoms with E-state index in [9.17, 15) is 9.59 Å². The zero-order chi connectivity index (χ0) is 36.3. The van der Waals surface area contributed by atoms with E-state index in [1.54, 1.807) is 36.7 Å². The van der Waals surface area contributed by atoms with E-state index in [4.69, 9.17) is 17.8 Å². The molecule has 1 aliphatic carbocycles. The van der Waals surface area contributed by atoms with E-state index in [-0.39, 0.29) is 40.8 Å². The minimum absolute atomic E-state index is 0.120. The van der Waals surface area contributed by atoms with Crippen LogP contribution in [0.25, 0.3) is 11.0 Å². The lowest BCUT2D eigenvalue weighted by Crippen LogP contribution is -2.25. The molecular weight excluding hydrogens is 627 g/mol. The zero-order valence-corrected chi connectivity index (χ0v) is 30.7. The molecule has 7 heteroatoms. The number of rotatable bonds is 7. The molecule has 7 rings (SSSR count). The van der Waals surface area contributed by atoms with Crippen LogP contribution in [0.4, 0.5) is 22.7 Å². The molecule has 4 aromatic carbocycles. The average Bonchev–Trinajstić information content (AvgIpc) is 3.53. The van der Waals surface area contributed by atoms with Crippen molar-refractivity contribution in [2.24, 2.45) is 0 Å². The lowest BCUT2D eigenvalue weighted by molar-refractivity contribution is 0.0988. The highest BCUT2D eigenvalue weighted by Crippen LogP contribution is 2.56. The third-order valence-corrected chi connectivity index (χ3v) is 10.1. The first-order chi connectivity index (χ1) is 24.4. The smallest absolute Gasteiger partial charge is 0.197 e. The second-order valence-corrected chi connectivity index (χ2v) is 14.8. The molecule has 0 fully saturated rings. The Morgan fingerprint density at radius 3 is 1.43 bits per heavy atom. The molecular formula is C44H43BN4O2. The predicted molar refractivity (Wildman–Crippen MR) is 210 cm³/mol. The largest absolute Gasteiger partial charge is 0.293 e.